The van der Waals surface area contributed by atoms with Gasteiger partial charge in [0, 0.05) is 18.0 Å². The van der Waals surface area contributed by atoms with Gasteiger partial charge in [0.2, 0.25) is 0 Å². The van der Waals surface area contributed by atoms with E-state index in [1.54, 1.807) is 0 Å². The molecule has 1 aliphatic heterocycles. The number of hydrogen-bond donors (Lipinski definition) is 0. The molecule has 0 saturated heterocycles. The van der Waals surface area contributed by atoms with Crippen molar-refractivity contribution in [1.82, 2.24) is 9.47 Å². The predicted octanol–water partition coefficient (Wildman–Crippen LogP) is 3.59. The van der Waals surface area contributed by atoms with E-state index in [4.69, 9.17) is 11.6 Å². The molecule has 1 aromatic carbocycles. The van der Waals surface area contributed by atoms with Crippen molar-refractivity contribution in [2.24, 2.45) is 7.05 Å². The molecule has 1 aliphatic rings. The number of carbonyl (C=O) groups excluding carboxylic acids is 1. The van der Waals surface area contributed by atoms with Gasteiger partial charge in [0.1, 0.15) is 0 Å². The lowest BCUT2D eigenvalue weighted by Gasteiger charge is -2.31. The number of rotatable bonds is 0. The lowest BCUT2D eigenvalue weighted by molar-refractivity contribution is 0.0608. The fraction of sp³-hybridized carbons (Fsp3) is 0.400. The summed E-state index contributed by atoms with van der Waals surface area (Å²) in [6, 6.07) is 5.78. The Kier molecular flexibility index (Phi) is 2.49. The van der Waals surface area contributed by atoms with E-state index in [-0.39, 0.29) is 11.4 Å². The molecular weight excluding hydrogens is 260 g/mol. The molecule has 0 aliphatic carbocycles. The molecule has 0 atom stereocenters. The Balaban J connectivity index is 2.29. The van der Waals surface area contributed by atoms with Crippen molar-refractivity contribution in [2.75, 3.05) is 0 Å². The monoisotopic (exact) mass is 276 g/mol. The van der Waals surface area contributed by atoms with Gasteiger partial charge in [0.15, 0.2) is 0 Å². The van der Waals surface area contributed by atoms with Crippen molar-refractivity contribution in [1.29, 1.82) is 0 Å². The molecule has 3 rings (SSSR count). The lowest BCUT2D eigenvalue weighted by Crippen LogP contribution is -2.41. The van der Waals surface area contributed by atoms with Crippen molar-refractivity contribution >= 4 is 28.4 Å². The van der Waals surface area contributed by atoms with Gasteiger partial charge < -0.3 is 9.47 Å². The van der Waals surface area contributed by atoms with Crippen LogP contribution in [-0.2, 0) is 13.6 Å². The van der Waals surface area contributed by atoms with Gasteiger partial charge in [-0.15, -0.1) is 0 Å². The summed E-state index contributed by atoms with van der Waals surface area (Å²) in [7, 11) is 2.00. The molecule has 3 nitrogen and oxygen atoms in total. The molecule has 2 heterocycles. The first-order valence-electron chi connectivity index (χ1n) is 6.40. The number of aromatic nitrogens is 1. The Morgan fingerprint density at radius 2 is 1.95 bits per heavy atom. The van der Waals surface area contributed by atoms with E-state index in [2.05, 4.69) is 25.3 Å². The maximum Gasteiger partial charge on any atom is 0.257 e. The smallest absolute Gasteiger partial charge is 0.257 e. The molecule has 0 unspecified atom stereocenters. The van der Waals surface area contributed by atoms with E-state index in [9.17, 15) is 4.79 Å². The second kappa shape index (κ2) is 3.76. The Morgan fingerprint density at radius 3 is 2.58 bits per heavy atom. The molecule has 0 bridgehead atoms. The third-order valence-electron chi connectivity index (χ3n) is 3.87. The van der Waals surface area contributed by atoms with E-state index >= 15 is 0 Å². The van der Waals surface area contributed by atoms with Gasteiger partial charge in [-0.1, -0.05) is 17.7 Å². The van der Waals surface area contributed by atoms with Gasteiger partial charge in [-0.05, 0) is 32.9 Å². The number of amides is 1. The standard InChI is InChI=1S/C15H17ClN2O/c1-15(2,3)18-8-11-13(14(18)19)12-9(16)6-5-7-10(12)17(11)4/h5-7H,8H2,1-4H3. The number of hydrogen-bond acceptors (Lipinski definition) is 1. The highest BCUT2D eigenvalue weighted by atomic mass is 35.5. The van der Waals surface area contributed by atoms with Crippen molar-refractivity contribution in [2.45, 2.75) is 32.9 Å². The summed E-state index contributed by atoms with van der Waals surface area (Å²) in [5, 5.41) is 1.54. The highest BCUT2D eigenvalue weighted by Gasteiger charge is 2.38. The molecule has 100 valence electrons. The second-order valence-corrected chi connectivity index (χ2v) is 6.48. The first kappa shape index (κ1) is 12.5. The minimum absolute atomic E-state index is 0.0844. The van der Waals surface area contributed by atoms with Gasteiger partial charge >= 0.3 is 0 Å². The largest absolute Gasteiger partial charge is 0.345 e. The third kappa shape index (κ3) is 1.61. The topological polar surface area (TPSA) is 25.2 Å². The minimum Gasteiger partial charge on any atom is -0.345 e. The molecular formula is C15H17ClN2O. The number of fused-ring (bicyclic) bond motifs is 3. The fourth-order valence-electron chi connectivity index (χ4n) is 2.81. The lowest BCUT2D eigenvalue weighted by atomic mass is 10.1. The van der Waals surface area contributed by atoms with E-state index in [1.165, 1.54) is 0 Å². The number of nitrogens with zero attached hydrogens (tertiary/aromatic N) is 2. The van der Waals surface area contributed by atoms with Gasteiger partial charge in [0.05, 0.1) is 28.3 Å². The van der Waals surface area contributed by atoms with Crippen LogP contribution in [0.3, 0.4) is 0 Å². The van der Waals surface area contributed by atoms with E-state index in [0.717, 1.165) is 22.2 Å². The first-order valence-corrected chi connectivity index (χ1v) is 6.78. The minimum atomic E-state index is -0.177. The Bertz CT molecular complexity index is 694. The van der Waals surface area contributed by atoms with Crippen LogP contribution in [0.15, 0.2) is 18.2 Å². The van der Waals surface area contributed by atoms with Crippen molar-refractivity contribution in [3.05, 3.63) is 34.5 Å². The fourth-order valence-corrected chi connectivity index (χ4v) is 3.08. The number of halogens is 1. The summed E-state index contributed by atoms with van der Waals surface area (Å²) >= 11 is 6.30. The van der Waals surface area contributed by atoms with Crippen LogP contribution in [0.1, 0.15) is 36.8 Å². The Labute approximate surface area is 117 Å². The highest BCUT2D eigenvalue weighted by Crippen LogP contribution is 2.38. The molecule has 0 fully saturated rings. The molecule has 0 spiro atoms. The zero-order chi connectivity index (χ0) is 13.9. The summed E-state index contributed by atoms with van der Waals surface area (Å²) < 4.78 is 2.08. The normalized spacial score (nSPS) is 15.4. The summed E-state index contributed by atoms with van der Waals surface area (Å²) in [6.45, 7) is 6.82. The zero-order valence-electron chi connectivity index (χ0n) is 11.6. The van der Waals surface area contributed by atoms with E-state index < -0.39 is 0 Å². The molecule has 1 aromatic heterocycles. The van der Waals surface area contributed by atoms with Gasteiger partial charge in [-0.3, -0.25) is 4.79 Å². The maximum atomic E-state index is 12.7. The second-order valence-electron chi connectivity index (χ2n) is 6.08. The molecule has 0 radical (unpaired) electrons. The number of carbonyl (C=O) groups is 1. The number of benzene rings is 1. The van der Waals surface area contributed by atoms with Crippen LogP contribution in [0, 0.1) is 0 Å². The average molecular weight is 277 g/mol. The van der Waals surface area contributed by atoms with Crippen LogP contribution in [0.25, 0.3) is 10.9 Å². The van der Waals surface area contributed by atoms with Gasteiger partial charge in [-0.2, -0.15) is 0 Å². The van der Waals surface area contributed by atoms with Crippen LogP contribution in [0.4, 0.5) is 0 Å². The summed E-state index contributed by atoms with van der Waals surface area (Å²) in [5.74, 6) is 0.0844. The van der Waals surface area contributed by atoms with E-state index in [0.29, 0.717) is 11.6 Å². The SMILES string of the molecule is Cn1c2c(c3c(Cl)cccc31)C(=O)N(C(C)(C)C)C2. The summed E-state index contributed by atoms with van der Waals surface area (Å²) in [6.07, 6.45) is 0. The Morgan fingerprint density at radius 1 is 1.26 bits per heavy atom. The highest BCUT2D eigenvalue weighted by molar-refractivity contribution is 6.37. The van der Waals surface area contributed by atoms with Crippen LogP contribution in [0.2, 0.25) is 5.02 Å². The third-order valence-corrected chi connectivity index (χ3v) is 4.19. The molecule has 19 heavy (non-hydrogen) atoms. The van der Waals surface area contributed by atoms with Crippen molar-refractivity contribution in [3.8, 4) is 0 Å². The van der Waals surface area contributed by atoms with Crippen LogP contribution in [-0.4, -0.2) is 20.9 Å². The molecule has 4 heteroatoms. The quantitative estimate of drug-likeness (QED) is 0.722. The summed E-state index contributed by atoms with van der Waals surface area (Å²) in [4.78, 5) is 14.6. The van der Waals surface area contributed by atoms with Gasteiger partial charge in [-0.25, -0.2) is 0 Å². The molecule has 2 aromatic rings. The average Bonchev–Trinajstić information content (AvgIpc) is 2.78. The predicted molar refractivity (Wildman–Crippen MR) is 77.6 cm³/mol. The Hall–Kier alpha value is -1.48. The first-order chi connectivity index (χ1) is 8.82. The van der Waals surface area contributed by atoms with Crippen LogP contribution in [0.5, 0.6) is 0 Å². The van der Waals surface area contributed by atoms with Gasteiger partial charge in [0.25, 0.3) is 5.91 Å². The van der Waals surface area contributed by atoms with E-state index in [1.807, 2.05) is 30.1 Å². The van der Waals surface area contributed by atoms with Crippen LogP contribution >= 0.6 is 11.6 Å². The molecule has 0 saturated carbocycles. The van der Waals surface area contributed by atoms with Crippen molar-refractivity contribution < 1.29 is 4.79 Å². The summed E-state index contributed by atoms with van der Waals surface area (Å²) in [5.41, 5.74) is 2.68. The maximum absolute atomic E-state index is 12.7. The molecule has 0 N–H and O–H groups in total. The zero-order valence-corrected chi connectivity index (χ0v) is 12.4. The van der Waals surface area contributed by atoms with Crippen LogP contribution < -0.4 is 0 Å². The van der Waals surface area contributed by atoms with Crippen molar-refractivity contribution in [3.63, 3.8) is 0 Å². The molecule has 1 amide bonds. The number of aryl methyl sites for hydroxylation is 1.